The molecule has 3 aliphatic rings. The lowest BCUT2D eigenvalue weighted by molar-refractivity contribution is 0.584. The van der Waals surface area contributed by atoms with E-state index < -0.39 is 0 Å². The molecule has 48 valence electrons. The first-order valence-corrected chi connectivity index (χ1v) is 4.14. The maximum atomic E-state index is 6.14. The van der Waals surface area contributed by atoms with Gasteiger partial charge in [0.2, 0.25) is 0 Å². The molecule has 0 aromatic heterocycles. The Morgan fingerprint density at radius 3 is 2.00 bits per heavy atom. The first-order chi connectivity index (χ1) is 4.38. The van der Waals surface area contributed by atoms with E-state index in [1.807, 2.05) is 0 Å². The minimum absolute atomic E-state index is 0.480. The first-order valence-electron chi connectivity index (χ1n) is 3.70. The summed E-state index contributed by atoms with van der Waals surface area (Å²) < 4.78 is 0. The molecule has 3 rings (SSSR count). The lowest BCUT2D eigenvalue weighted by Crippen LogP contribution is -2.10. The Morgan fingerprint density at radius 2 is 1.67 bits per heavy atom. The van der Waals surface area contributed by atoms with Crippen molar-refractivity contribution in [3.05, 3.63) is 12.2 Å². The second kappa shape index (κ2) is 1.22. The minimum Gasteiger partial charge on any atom is -0.122 e. The fourth-order valence-corrected chi connectivity index (χ4v) is 3.15. The maximum Gasteiger partial charge on any atom is 0.0466 e. The molecule has 0 nitrogen and oxygen atoms in total. The number of alkyl halides is 1. The summed E-state index contributed by atoms with van der Waals surface area (Å²) in [5.41, 5.74) is 0. The van der Waals surface area contributed by atoms with Crippen LogP contribution in [0.3, 0.4) is 0 Å². The highest BCUT2D eigenvalue weighted by Crippen LogP contribution is 2.64. The lowest BCUT2D eigenvalue weighted by Gasteiger charge is -2.08. The number of halogens is 1. The van der Waals surface area contributed by atoms with Gasteiger partial charge in [0.25, 0.3) is 0 Å². The van der Waals surface area contributed by atoms with Gasteiger partial charge in [-0.2, -0.15) is 0 Å². The Morgan fingerprint density at radius 1 is 1.11 bits per heavy atom. The van der Waals surface area contributed by atoms with Gasteiger partial charge >= 0.3 is 0 Å². The molecule has 5 atom stereocenters. The first kappa shape index (κ1) is 4.79. The highest BCUT2D eigenvalue weighted by atomic mass is 35.5. The van der Waals surface area contributed by atoms with Crippen LogP contribution in [-0.2, 0) is 0 Å². The van der Waals surface area contributed by atoms with E-state index >= 15 is 0 Å². The predicted molar refractivity (Wildman–Crippen MR) is 37.4 cm³/mol. The summed E-state index contributed by atoms with van der Waals surface area (Å²) in [5.74, 6) is 3.54. The summed E-state index contributed by atoms with van der Waals surface area (Å²) in [6.45, 7) is 0. The summed E-state index contributed by atoms with van der Waals surface area (Å²) in [4.78, 5) is 0. The van der Waals surface area contributed by atoms with Crippen LogP contribution < -0.4 is 0 Å². The van der Waals surface area contributed by atoms with E-state index in [0.29, 0.717) is 5.38 Å². The summed E-state index contributed by atoms with van der Waals surface area (Å²) in [7, 11) is 0. The van der Waals surface area contributed by atoms with Gasteiger partial charge in [0.15, 0.2) is 0 Å². The molecule has 3 aliphatic carbocycles. The van der Waals surface area contributed by atoms with Crippen molar-refractivity contribution in [1.29, 1.82) is 0 Å². The van der Waals surface area contributed by atoms with E-state index in [1.54, 1.807) is 0 Å². The molecule has 0 aliphatic heterocycles. The Bertz CT molecular complexity index is 167. The number of hydrogen-bond donors (Lipinski definition) is 0. The average Bonchev–Trinajstić information content (AvgIpc) is 2.53. The minimum atomic E-state index is 0.480. The van der Waals surface area contributed by atoms with Crippen molar-refractivity contribution >= 4 is 11.6 Å². The van der Waals surface area contributed by atoms with Crippen molar-refractivity contribution in [2.75, 3.05) is 0 Å². The number of hydrogen-bond acceptors (Lipinski definition) is 0. The second-order valence-electron chi connectivity index (χ2n) is 3.55. The van der Waals surface area contributed by atoms with Crippen LogP contribution in [-0.4, -0.2) is 5.38 Å². The number of allylic oxidation sites excluding steroid dienone is 2. The molecule has 0 radical (unpaired) electrons. The van der Waals surface area contributed by atoms with Gasteiger partial charge in [-0.3, -0.25) is 0 Å². The van der Waals surface area contributed by atoms with Gasteiger partial charge < -0.3 is 0 Å². The van der Waals surface area contributed by atoms with Gasteiger partial charge in [0.1, 0.15) is 0 Å². The van der Waals surface area contributed by atoms with Crippen molar-refractivity contribution in [2.24, 2.45) is 23.7 Å². The zero-order valence-electron chi connectivity index (χ0n) is 5.13. The highest BCUT2D eigenvalue weighted by molar-refractivity contribution is 6.21. The van der Waals surface area contributed by atoms with Crippen LogP contribution in [0.25, 0.3) is 0 Å². The molecule has 2 fully saturated rings. The molecule has 1 unspecified atom stereocenters. The second-order valence-corrected chi connectivity index (χ2v) is 4.05. The van der Waals surface area contributed by atoms with E-state index in [1.165, 1.54) is 6.42 Å². The highest BCUT2D eigenvalue weighted by Gasteiger charge is 2.59. The van der Waals surface area contributed by atoms with E-state index in [9.17, 15) is 0 Å². The third kappa shape index (κ3) is 0.400. The van der Waals surface area contributed by atoms with Gasteiger partial charge in [-0.1, -0.05) is 12.2 Å². The zero-order chi connectivity index (χ0) is 6.01. The maximum absolute atomic E-state index is 6.14. The average molecular weight is 141 g/mol. The molecule has 0 spiro atoms. The summed E-state index contributed by atoms with van der Waals surface area (Å²) in [6, 6.07) is 0. The van der Waals surface area contributed by atoms with Crippen molar-refractivity contribution < 1.29 is 0 Å². The standard InChI is InChI=1S/C8H9Cl/c9-8-4-1-2-5(8)7-3-6(4)7/h1-2,4-8H,3H2/t4-,5+,6+,7-,8?. The molecule has 1 heteroatoms. The quantitative estimate of drug-likeness (QED) is 0.357. The van der Waals surface area contributed by atoms with E-state index in [-0.39, 0.29) is 0 Å². The molecule has 0 heterocycles. The van der Waals surface area contributed by atoms with Gasteiger partial charge in [-0.25, -0.2) is 0 Å². The van der Waals surface area contributed by atoms with E-state index in [4.69, 9.17) is 11.6 Å². The van der Waals surface area contributed by atoms with Gasteiger partial charge in [-0.05, 0) is 30.1 Å². The smallest absolute Gasteiger partial charge is 0.0466 e. The van der Waals surface area contributed by atoms with Crippen LogP contribution >= 0.6 is 11.6 Å². The molecule has 0 N–H and O–H groups in total. The third-order valence-electron chi connectivity index (χ3n) is 3.17. The topological polar surface area (TPSA) is 0 Å². The largest absolute Gasteiger partial charge is 0.122 e. The van der Waals surface area contributed by atoms with Gasteiger partial charge in [0, 0.05) is 5.38 Å². The zero-order valence-corrected chi connectivity index (χ0v) is 5.88. The molecule has 2 bridgehead atoms. The van der Waals surface area contributed by atoms with Gasteiger partial charge in [0.05, 0.1) is 0 Å². The van der Waals surface area contributed by atoms with Crippen molar-refractivity contribution in [2.45, 2.75) is 11.8 Å². The van der Waals surface area contributed by atoms with Crippen LogP contribution in [0.2, 0.25) is 0 Å². The molecule has 9 heavy (non-hydrogen) atoms. The molecule has 0 aromatic rings. The molecule has 2 saturated carbocycles. The predicted octanol–water partition coefficient (Wildman–Crippen LogP) is 2.05. The number of rotatable bonds is 0. The van der Waals surface area contributed by atoms with Crippen LogP contribution in [0, 0.1) is 23.7 Å². The monoisotopic (exact) mass is 140 g/mol. The van der Waals surface area contributed by atoms with Crippen molar-refractivity contribution in [1.82, 2.24) is 0 Å². The fraction of sp³-hybridized carbons (Fsp3) is 0.750. The molecule has 0 amide bonds. The summed E-state index contributed by atoms with van der Waals surface area (Å²) in [5, 5.41) is 0.480. The fourth-order valence-electron chi connectivity index (χ4n) is 2.60. The summed E-state index contributed by atoms with van der Waals surface area (Å²) in [6.07, 6.45) is 6.12. The lowest BCUT2D eigenvalue weighted by atomic mass is 10.1. The Kier molecular flexibility index (Phi) is 0.649. The van der Waals surface area contributed by atoms with Gasteiger partial charge in [-0.15, -0.1) is 11.6 Å². The van der Waals surface area contributed by atoms with Crippen LogP contribution in [0.15, 0.2) is 12.2 Å². The van der Waals surface area contributed by atoms with E-state index in [2.05, 4.69) is 12.2 Å². The van der Waals surface area contributed by atoms with Crippen LogP contribution in [0.5, 0.6) is 0 Å². The van der Waals surface area contributed by atoms with Crippen LogP contribution in [0.1, 0.15) is 6.42 Å². The SMILES string of the molecule is ClC1[C@H]2C=C[C@@H]1[C@@H]1C[C@@H]12. The Labute approximate surface area is 59.9 Å². The Hall–Kier alpha value is 0.0300. The Balaban J connectivity index is 2.08. The molecule has 0 saturated heterocycles. The van der Waals surface area contributed by atoms with Crippen molar-refractivity contribution in [3.63, 3.8) is 0 Å². The van der Waals surface area contributed by atoms with E-state index in [0.717, 1.165) is 23.7 Å². The number of fused-ring (bicyclic) bond motifs is 5. The molecule has 0 aromatic carbocycles. The third-order valence-corrected chi connectivity index (χ3v) is 3.75. The van der Waals surface area contributed by atoms with Crippen LogP contribution in [0.4, 0.5) is 0 Å². The normalized spacial score (nSPS) is 66.6. The van der Waals surface area contributed by atoms with Crippen molar-refractivity contribution in [3.8, 4) is 0 Å². The molecular formula is C8H9Cl. The summed E-state index contributed by atoms with van der Waals surface area (Å²) >= 11 is 6.14. The molecular weight excluding hydrogens is 132 g/mol.